The number of hydrogen-bond acceptors (Lipinski definition) is 2. The Bertz CT molecular complexity index is 739. The van der Waals surface area contributed by atoms with Gasteiger partial charge in [-0.25, -0.2) is 4.39 Å². The summed E-state index contributed by atoms with van der Waals surface area (Å²) in [6.45, 7) is 4.02. The van der Waals surface area contributed by atoms with Crippen molar-refractivity contribution >= 4 is 11.8 Å². The normalized spacial score (nSPS) is 10.3. The van der Waals surface area contributed by atoms with Crippen molar-refractivity contribution in [2.45, 2.75) is 20.4 Å². The van der Waals surface area contributed by atoms with Crippen LogP contribution >= 0.6 is 0 Å². The van der Waals surface area contributed by atoms with Gasteiger partial charge in [0.05, 0.1) is 6.54 Å². The predicted molar refractivity (Wildman–Crippen MR) is 91.1 cm³/mol. The van der Waals surface area contributed by atoms with Crippen molar-refractivity contribution in [1.29, 1.82) is 0 Å². The first kappa shape index (κ1) is 17.7. The first-order valence-electron chi connectivity index (χ1n) is 7.70. The molecule has 0 aromatic heterocycles. The monoisotopic (exact) mass is 328 g/mol. The minimum atomic E-state index is -0.337. The maximum Gasteiger partial charge on any atom is 0.251 e. The minimum absolute atomic E-state index is 0.0996. The first-order chi connectivity index (χ1) is 11.3. The molecule has 2 aromatic carbocycles. The highest BCUT2D eigenvalue weighted by atomic mass is 19.1. The van der Waals surface area contributed by atoms with Crippen LogP contribution in [-0.2, 0) is 11.3 Å². The topological polar surface area (TPSA) is 49.4 Å². The Hall–Kier alpha value is -2.69. The highest BCUT2D eigenvalue weighted by Gasteiger charge is 2.13. The van der Waals surface area contributed by atoms with Crippen LogP contribution < -0.4 is 5.32 Å². The van der Waals surface area contributed by atoms with Crippen molar-refractivity contribution in [3.8, 4) is 0 Å². The van der Waals surface area contributed by atoms with Gasteiger partial charge in [0, 0.05) is 19.2 Å². The van der Waals surface area contributed by atoms with Crippen molar-refractivity contribution < 1.29 is 14.0 Å². The summed E-state index contributed by atoms with van der Waals surface area (Å²) < 4.78 is 13.2. The van der Waals surface area contributed by atoms with Gasteiger partial charge in [0.25, 0.3) is 5.91 Å². The standard InChI is InChI=1S/C19H21FN2O2/c1-13-7-14(2)9-16(8-13)19(24)21-11-18(23)22(3)12-15-5-4-6-17(20)10-15/h4-10H,11-12H2,1-3H3,(H,21,24). The lowest BCUT2D eigenvalue weighted by Crippen LogP contribution is -2.37. The fourth-order valence-electron chi connectivity index (χ4n) is 2.50. The molecule has 0 bridgehead atoms. The molecule has 5 heteroatoms. The third-order valence-electron chi connectivity index (χ3n) is 3.62. The summed E-state index contributed by atoms with van der Waals surface area (Å²) in [4.78, 5) is 25.7. The molecule has 0 aliphatic rings. The molecule has 0 heterocycles. The van der Waals surface area contributed by atoms with E-state index >= 15 is 0 Å². The number of nitrogens with zero attached hydrogens (tertiary/aromatic N) is 1. The van der Waals surface area contributed by atoms with E-state index in [1.54, 1.807) is 31.3 Å². The Morgan fingerprint density at radius 2 is 1.75 bits per heavy atom. The third-order valence-corrected chi connectivity index (χ3v) is 3.62. The van der Waals surface area contributed by atoms with E-state index in [9.17, 15) is 14.0 Å². The quantitative estimate of drug-likeness (QED) is 0.917. The van der Waals surface area contributed by atoms with Gasteiger partial charge in [-0.1, -0.05) is 29.3 Å². The number of likely N-dealkylation sites (N-methyl/N-ethyl adjacent to an activating group) is 1. The number of aryl methyl sites for hydroxylation is 2. The van der Waals surface area contributed by atoms with E-state index in [0.717, 1.165) is 11.1 Å². The zero-order valence-corrected chi connectivity index (χ0v) is 14.1. The van der Waals surface area contributed by atoms with Gasteiger partial charge in [-0.2, -0.15) is 0 Å². The van der Waals surface area contributed by atoms with E-state index in [4.69, 9.17) is 0 Å². The molecule has 2 rings (SSSR count). The van der Waals surface area contributed by atoms with Gasteiger partial charge in [0.15, 0.2) is 0 Å². The Kier molecular flexibility index (Phi) is 5.68. The van der Waals surface area contributed by atoms with Crippen LogP contribution in [0.3, 0.4) is 0 Å². The van der Waals surface area contributed by atoms with Gasteiger partial charge in [-0.3, -0.25) is 9.59 Å². The number of hydrogen-bond donors (Lipinski definition) is 1. The lowest BCUT2D eigenvalue weighted by atomic mass is 10.1. The maximum atomic E-state index is 13.2. The Labute approximate surface area is 141 Å². The van der Waals surface area contributed by atoms with E-state index < -0.39 is 0 Å². The number of halogens is 1. The molecule has 24 heavy (non-hydrogen) atoms. The van der Waals surface area contributed by atoms with Crippen LogP contribution in [0.1, 0.15) is 27.0 Å². The van der Waals surface area contributed by atoms with Crippen molar-refractivity contribution in [1.82, 2.24) is 10.2 Å². The molecule has 126 valence electrons. The third kappa shape index (κ3) is 4.91. The SMILES string of the molecule is Cc1cc(C)cc(C(=O)NCC(=O)N(C)Cc2cccc(F)c2)c1. The zero-order valence-electron chi connectivity index (χ0n) is 14.1. The van der Waals surface area contributed by atoms with Crippen LogP contribution in [0.25, 0.3) is 0 Å². The molecular formula is C19H21FN2O2. The molecule has 0 saturated heterocycles. The second-order valence-corrected chi connectivity index (χ2v) is 5.94. The van der Waals surface area contributed by atoms with E-state index in [0.29, 0.717) is 11.1 Å². The van der Waals surface area contributed by atoms with Gasteiger partial charge < -0.3 is 10.2 Å². The number of benzene rings is 2. The molecular weight excluding hydrogens is 307 g/mol. The van der Waals surface area contributed by atoms with Crippen LogP contribution in [0.15, 0.2) is 42.5 Å². The molecule has 0 aliphatic heterocycles. The molecule has 0 unspecified atom stereocenters. The van der Waals surface area contributed by atoms with Crippen molar-refractivity contribution in [3.63, 3.8) is 0 Å². The van der Waals surface area contributed by atoms with Crippen molar-refractivity contribution in [2.24, 2.45) is 0 Å². The van der Waals surface area contributed by atoms with Crippen LogP contribution in [0.5, 0.6) is 0 Å². The van der Waals surface area contributed by atoms with Crippen LogP contribution in [0.4, 0.5) is 4.39 Å². The Morgan fingerprint density at radius 1 is 1.08 bits per heavy atom. The lowest BCUT2D eigenvalue weighted by molar-refractivity contribution is -0.129. The van der Waals surface area contributed by atoms with E-state index in [2.05, 4.69) is 5.32 Å². The smallest absolute Gasteiger partial charge is 0.251 e. The average Bonchev–Trinajstić information content (AvgIpc) is 2.51. The van der Waals surface area contributed by atoms with Gasteiger partial charge in [-0.05, 0) is 43.7 Å². The predicted octanol–water partition coefficient (Wildman–Crippen LogP) is 2.83. The molecule has 0 aliphatic carbocycles. The zero-order chi connectivity index (χ0) is 17.7. The Balaban J connectivity index is 1.91. The van der Waals surface area contributed by atoms with Gasteiger partial charge in [-0.15, -0.1) is 0 Å². The fraction of sp³-hybridized carbons (Fsp3) is 0.263. The first-order valence-corrected chi connectivity index (χ1v) is 7.70. The number of amides is 2. The summed E-state index contributed by atoms with van der Waals surface area (Å²) in [5.41, 5.74) is 3.23. The number of carbonyl (C=O) groups is 2. The molecule has 0 spiro atoms. The Morgan fingerprint density at radius 3 is 2.38 bits per heavy atom. The highest BCUT2D eigenvalue weighted by Crippen LogP contribution is 2.09. The highest BCUT2D eigenvalue weighted by molar-refractivity contribution is 5.96. The van der Waals surface area contributed by atoms with Crippen molar-refractivity contribution in [3.05, 3.63) is 70.5 Å². The fourth-order valence-corrected chi connectivity index (χ4v) is 2.50. The lowest BCUT2D eigenvalue weighted by Gasteiger charge is -2.17. The molecule has 2 aromatic rings. The van der Waals surface area contributed by atoms with Crippen LogP contribution in [0.2, 0.25) is 0 Å². The number of nitrogens with one attached hydrogen (secondary N) is 1. The van der Waals surface area contributed by atoms with Gasteiger partial charge >= 0.3 is 0 Å². The van der Waals surface area contributed by atoms with Crippen molar-refractivity contribution in [2.75, 3.05) is 13.6 Å². The molecule has 0 radical (unpaired) electrons. The second kappa shape index (κ2) is 7.73. The summed E-state index contributed by atoms with van der Waals surface area (Å²) >= 11 is 0. The van der Waals surface area contributed by atoms with E-state index in [1.807, 2.05) is 19.9 Å². The van der Waals surface area contributed by atoms with Crippen LogP contribution in [0, 0.1) is 19.7 Å². The maximum absolute atomic E-state index is 13.2. The average molecular weight is 328 g/mol. The largest absolute Gasteiger partial charge is 0.343 e. The van der Waals surface area contributed by atoms with Crippen LogP contribution in [-0.4, -0.2) is 30.3 Å². The second-order valence-electron chi connectivity index (χ2n) is 5.94. The molecule has 4 nitrogen and oxygen atoms in total. The molecule has 0 fully saturated rings. The molecule has 0 atom stereocenters. The summed E-state index contributed by atoms with van der Waals surface area (Å²) in [5, 5.41) is 2.63. The summed E-state index contributed by atoms with van der Waals surface area (Å²) in [7, 11) is 1.62. The molecule has 0 saturated carbocycles. The van der Waals surface area contributed by atoms with Gasteiger partial charge in [0.2, 0.25) is 5.91 Å². The number of rotatable bonds is 5. The summed E-state index contributed by atoms with van der Waals surface area (Å²) in [6.07, 6.45) is 0. The van der Waals surface area contributed by atoms with E-state index in [-0.39, 0.29) is 30.7 Å². The number of carbonyl (C=O) groups excluding carboxylic acids is 2. The molecule has 1 N–H and O–H groups in total. The summed E-state index contributed by atoms with van der Waals surface area (Å²) in [5.74, 6) is -0.859. The molecule has 2 amide bonds. The van der Waals surface area contributed by atoms with E-state index in [1.165, 1.54) is 17.0 Å². The minimum Gasteiger partial charge on any atom is -0.343 e. The summed E-state index contributed by atoms with van der Waals surface area (Å²) in [6, 6.07) is 11.6. The van der Waals surface area contributed by atoms with Gasteiger partial charge in [0.1, 0.15) is 5.82 Å².